The number of para-hydroxylation sites is 2. The fourth-order valence-corrected chi connectivity index (χ4v) is 4.00. The number of methoxy groups -OCH3 is 3. The first-order valence-corrected chi connectivity index (χ1v) is 10.7. The van der Waals surface area contributed by atoms with Gasteiger partial charge in [0.15, 0.2) is 5.78 Å². The van der Waals surface area contributed by atoms with Crippen molar-refractivity contribution in [3.8, 4) is 33.8 Å². The molecule has 34 heavy (non-hydrogen) atoms. The minimum Gasteiger partial charge on any atom is -0.496 e. The molecule has 170 valence electrons. The predicted octanol–water partition coefficient (Wildman–Crippen LogP) is 6.06. The van der Waals surface area contributed by atoms with Crippen LogP contribution in [-0.4, -0.2) is 33.1 Å². The summed E-state index contributed by atoms with van der Waals surface area (Å²) in [5.41, 5.74) is 4.09. The average Bonchev–Trinajstić information content (AvgIpc) is 2.91. The molecule has 4 aromatic rings. The minimum atomic E-state index is -0.534. The van der Waals surface area contributed by atoms with E-state index < -0.39 is 5.97 Å². The van der Waals surface area contributed by atoms with Gasteiger partial charge < -0.3 is 14.2 Å². The Morgan fingerprint density at radius 3 is 1.62 bits per heavy atom. The highest BCUT2D eigenvalue weighted by molar-refractivity contribution is 6.14. The molecule has 0 aromatic heterocycles. The molecule has 0 saturated heterocycles. The molecule has 0 aliphatic heterocycles. The van der Waals surface area contributed by atoms with E-state index in [0.717, 1.165) is 16.7 Å². The second-order valence-corrected chi connectivity index (χ2v) is 7.53. The SMILES string of the molecule is COC(=O)c1cc(C(=O)c2ccccc2-c2ccccc2OC)ccc1-c1ccccc1OC. The normalized spacial score (nSPS) is 10.4. The lowest BCUT2D eigenvalue weighted by Crippen LogP contribution is -2.09. The second-order valence-electron chi connectivity index (χ2n) is 7.53. The highest BCUT2D eigenvalue weighted by atomic mass is 16.5. The molecule has 0 radical (unpaired) electrons. The molecule has 4 rings (SSSR count). The average molecular weight is 453 g/mol. The van der Waals surface area contributed by atoms with E-state index in [0.29, 0.717) is 28.2 Å². The maximum Gasteiger partial charge on any atom is 0.338 e. The summed E-state index contributed by atoms with van der Waals surface area (Å²) in [7, 11) is 4.49. The Kier molecular flexibility index (Phi) is 6.74. The molecule has 5 heteroatoms. The van der Waals surface area contributed by atoms with Crippen molar-refractivity contribution in [2.75, 3.05) is 21.3 Å². The molecule has 0 atom stereocenters. The Balaban J connectivity index is 1.84. The third kappa shape index (κ3) is 4.28. The number of carbonyl (C=O) groups excluding carboxylic acids is 2. The van der Waals surface area contributed by atoms with E-state index in [1.54, 1.807) is 38.5 Å². The Morgan fingerprint density at radius 1 is 0.559 bits per heavy atom. The molecule has 0 fully saturated rings. The Hall–Kier alpha value is -4.38. The van der Waals surface area contributed by atoms with Crippen LogP contribution < -0.4 is 9.47 Å². The largest absolute Gasteiger partial charge is 0.496 e. The lowest BCUT2D eigenvalue weighted by atomic mass is 9.90. The van der Waals surface area contributed by atoms with Crippen LogP contribution in [0.5, 0.6) is 11.5 Å². The van der Waals surface area contributed by atoms with Crippen LogP contribution in [0.3, 0.4) is 0 Å². The summed E-state index contributed by atoms with van der Waals surface area (Å²) in [6, 6.07) is 27.3. The molecule has 0 heterocycles. The van der Waals surface area contributed by atoms with Crippen molar-refractivity contribution >= 4 is 11.8 Å². The van der Waals surface area contributed by atoms with Crippen molar-refractivity contribution in [1.82, 2.24) is 0 Å². The highest BCUT2D eigenvalue weighted by Gasteiger charge is 2.21. The van der Waals surface area contributed by atoms with Gasteiger partial charge in [-0.2, -0.15) is 0 Å². The third-order valence-corrected chi connectivity index (χ3v) is 5.65. The zero-order valence-electron chi connectivity index (χ0n) is 19.2. The topological polar surface area (TPSA) is 61.8 Å². The molecule has 4 aromatic carbocycles. The fraction of sp³-hybridized carbons (Fsp3) is 0.103. The number of benzene rings is 4. The number of hydrogen-bond acceptors (Lipinski definition) is 5. The van der Waals surface area contributed by atoms with Crippen LogP contribution in [-0.2, 0) is 4.74 Å². The van der Waals surface area contributed by atoms with Crippen LogP contribution in [0.15, 0.2) is 91.0 Å². The van der Waals surface area contributed by atoms with E-state index in [1.165, 1.54) is 7.11 Å². The van der Waals surface area contributed by atoms with Gasteiger partial charge in [0.25, 0.3) is 0 Å². The van der Waals surface area contributed by atoms with E-state index in [-0.39, 0.29) is 11.3 Å². The third-order valence-electron chi connectivity index (χ3n) is 5.65. The molecule has 0 aliphatic rings. The van der Waals surface area contributed by atoms with E-state index in [4.69, 9.17) is 14.2 Å². The second kappa shape index (κ2) is 10.0. The molecular formula is C29H24O5. The number of esters is 1. The summed E-state index contributed by atoms with van der Waals surface area (Å²) in [6.07, 6.45) is 0. The van der Waals surface area contributed by atoms with Gasteiger partial charge in [-0.25, -0.2) is 4.79 Å². The lowest BCUT2D eigenvalue weighted by Gasteiger charge is -2.15. The maximum atomic E-state index is 13.7. The molecule has 0 amide bonds. The van der Waals surface area contributed by atoms with Crippen molar-refractivity contribution < 1.29 is 23.8 Å². The first-order chi connectivity index (χ1) is 16.6. The molecule has 0 saturated carbocycles. The quantitative estimate of drug-likeness (QED) is 0.252. The molecule has 0 N–H and O–H groups in total. The lowest BCUT2D eigenvalue weighted by molar-refractivity contribution is 0.0601. The Labute approximate surface area is 198 Å². The van der Waals surface area contributed by atoms with Gasteiger partial charge in [0.05, 0.1) is 26.9 Å². The monoisotopic (exact) mass is 452 g/mol. The van der Waals surface area contributed by atoms with Gasteiger partial charge >= 0.3 is 5.97 Å². The van der Waals surface area contributed by atoms with Crippen LogP contribution in [0.1, 0.15) is 26.3 Å². The summed E-state index contributed by atoms with van der Waals surface area (Å²) in [5.74, 6) is 0.546. The summed E-state index contributed by atoms with van der Waals surface area (Å²) in [5, 5.41) is 0. The zero-order chi connectivity index (χ0) is 24.1. The van der Waals surface area contributed by atoms with Crippen molar-refractivity contribution in [2.24, 2.45) is 0 Å². The molecular weight excluding hydrogens is 428 g/mol. The van der Waals surface area contributed by atoms with Gasteiger partial charge in [-0.1, -0.05) is 72.8 Å². The van der Waals surface area contributed by atoms with E-state index in [2.05, 4.69) is 0 Å². The minimum absolute atomic E-state index is 0.210. The van der Waals surface area contributed by atoms with E-state index in [9.17, 15) is 9.59 Å². The number of rotatable bonds is 7. The van der Waals surface area contributed by atoms with Gasteiger partial charge in [0, 0.05) is 22.3 Å². The predicted molar refractivity (Wildman–Crippen MR) is 132 cm³/mol. The first-order valence-electron chi connectivity index (χ1n) is 10.7. The van der Waals surface area contributed by atoms with Crippen LogP contribution in [0.4, 0.5) is 0 Å². The Bertz CT molecular complexity index is 1360. The maximum absolute atomic E-state index is 13.7. The van der Waals surface area contributed by atoms with Gasteiger partial charge in [-0.15, -0.1) is 0 Å². The van der Waals surface area contributed by atoms with Gasteiger partial charge in [-0.05, 0) is 29.3 Å². The first kappa shape index (κ1) is 22.8. The molecule has 0 unspecified atom stereocenters. The van der Waals surface area contributed by atoms with Crippen LogP contribution in [0, 0.1) is 0 Å². The number of ketones is 1. The smallest absolute Gasteiger partial charge is 0.338 e. The molecule has 5 nitrogen and oxygen atoms in total. The van der Waals surface area contributed by atoms with Gasteiger partial charge in [-0.3, -0.25) is 4.79 Å². The number of carbonyl (C=O) groups is 2. The van der Waals surface area contributed by atoms with Crippen LogP contribution in [0.25, 0.3) is 22.3 Å². The number of ether oxygens (including phenoxy) is 3. The summed E-state index contributed by atoms with van der Waals surface area (Å²) >= 11 is 0. The van der Waals surface area contributed by atoms with Crippen LogP contribution in [0.2, 0.25) is 0 Å². The standard InChI is InChI=1S/C29H24O5/c1-32-26-14-8-6-11-22(26)20-10-4-5-13-24(20)28(30)19-16-17-21(25(18-19)29(31)34-3)23-12-7-9-15-27(23)33-2/h4-18H,1-3H3. The summed E-state index contributed by atoms with van der Waals surface area (Å²) in [6.45, 7) is 0. The van der Waals surface area contributed by atoms with Gasteiger partial charge in [0.2, 0.25) is 0 Å². The van der Waals surface area contributed by atoms with Crippen molar-refractivity contribution in [3.63, 3.8) is 0 Å². The Morgan fingerprint density at radius 2 is 1.06 bits per heavy atom. The van der Waals surface area contributed by atoms with Crippen molar-refractivity contribution in [1.29, 1.82) is 0 Å². The molecule has 0 aliphatic carbocycles. The van der Waals surface area contributed by atoms with Gasteiger partial charge in [0.1, 0.15) is 11.5 Å². The van der Waals surface area contributed by atoms with E-state index >= 15 is 0 Å². The van der Waals surface area contributed by atoms with E-state index in [1.807, 2.05) is 66.7 Å². The summed E-state index contributed by atoms with van der Waals surface area (Å²) < 4.78 is 16.0. The summed E-state index contributed by atoms with van der Waals surface area (Å²) in [4.78, 5) is 26.4. The fourth-order valence-electron chi connectivity index (χ4n) is 4.00. The van der Waals surface area contributed by atoms with Crippen molar-refractivity contribution in [3.05, 3.63) is 108 Å². The van der Waals surface area contributed by atoms with Crippen LogP contribution >= 0.6 is 0 Å². The number of hydrogen-bond donors (Lipinski definition) is 0. The molecule has 0 spiro atoms. The highest BCUT2D eigenvalue weighted by Crippen LogP contribution is 2.35. The molecule has 0 bridgehead atoms. The van der Waals surface area contributed by atoms with Crippen molar-refractivity contribution in [2.45, 2.75) is 0 Å². The zero-order valence-corrected chi connectivity index (χ0v) is 19.2.